The maximum Gasteiger partial charge on any atom is 0.127 e. The molecule has 0 saturated carbocycles. The van der Waals surface area contributed by atoms with Crippen molar-refractivity contribution >= 4 is 16.7 Å². The van der Waals surface area contributed by atoms with Gasteiger partial charge in [0.15, 0.2) is 0 Å². The summed E-state index contributed by atoms with van der Waals surface area (Å²) < 4.78 is 0. The van der Waals surface area contributed by atoms with Crippen LogP contribution in [0.1, 0.15) is 26.3 Å². The third-order valence-electron chi connectivity index (χ3n) is 2.80. The summed E-state index contributed by atoms with van der Waals surface area (Å²) in [5.41, 5.74) is 2.35. The van der Waals surface area contributed by atoms with E-state index in [4.69, 9.17) is 0 Å². The summed E-state index contributed by atoms with van der Waals surface area (Å²) in [4.78, 5) is 4.65. The monoisotopic (exact) mass is 243 g/mol. The number of fused-ring (bicyclic) bond motifs is 1. The summed E-state index contributed by atoms with van der Waals surface area (Å²) in [6.45, 7) is 8.23. The SMILES string of the molecule is CCNCc1cc(NC(C)C)nc2ccccc12. The van der Waals surface area contributed by atoms with Gasteiger partial charge in [-0.15, -0.1) is 0 Å². The van der Waals surface area contributed by atoms with Crippen LogP contribution in [0.25, 0.3) is 10.9 Å². The lowest BCUT2D eigenvalue weighted by Gasteiger charge is -2.13. The lowest BCUT2D eigenvalue weighted by Crippen LogP contribution is -2.14. The van der Waals surface area contributed by atoms with Crippen LogP contribution in [0.4, 0.5) is 5.82 Å². The van der Waals surface area contributed by atoms with Crippen molar-refractivity contribution in [1.82, 2.24) is 10.3 Å². The van der Waals surface area contributed by atoms with Gasteiger partial charge in [-0.3, -0.25) is 0 Å². The minimum atomic E-state index is 0.394. The van der Waals surface area contributed by atoms with Gasteiger partial charge in [-0.05, 0) is 38.1 Å². The zero-order valence-electron chi connectivity index (χ0n) is 11.3. The first-order chi connectivity index (χ1) is 8.70. The van der Waals surface area contributed by atoms with Crippen LogP contribution in [-0.4, -0.2) is 17.6 Å². The van der Waals surface area contributed by atoms with Crippen LogP contribution in [0.15, 0.2) is 30.3 Å². The number of hydrogen-bond donors (Lipinski definition) is 2. The van der Waals surface area contributed by atoms with Crippen LogP contribution < -0.4 is 10.6 Å². The summed E-state index contributed by atoms with van der Waals surface area (Å²) in [6.07, 6.45) is 0. The fraction of sp³-hybridized carbons (Fsp3) is 0.400. The largest absolute Gasteiger partial charge is 0.368 e. The molecule has 0 bridgehead atoms. The summed E-state index contributed by atoms with van der Waals surface area (Å²) in [5.74, 6) is 0.955. The van der Waals surface area contributed by atoms with Gasteiger partial charge in [0.05, 0.1) is 5.52 Å². The van der Waals surface area contributed by atoms with E-state index in [2.05, 4.69) is 60.7 Å². The summed E-state index contributed by atoms with van der Waals surface area (Å²) in [7, 11) is 0. The molecule has 1 aromatic heterocycles. The van der Waals surface area contributed by atoms with Crippen molar-refractivity contribution in [2.75, 3.05) is 11.9 Å². The number of pyridine rings is 1. The molecule has 3 nitrogen and oxygen atoms in total. The fourth-order valence-electron chi connectivity index (χ4n) is 2.02. The molecular formula is C15H21N3. The lowest BCUT2D eigenvalue weighted by atomic mass is 10.1. The van der Waals surface area contributed by atoms with Crippen LogP contribution in [0.5, 0.6) is 0 Å². The Labute approximate surface area is 109 Å². The molecule has 0 unspecified atom stereocenters. The first kappa shape index (κ1) is 12.8. The van der Waals surface area contributed by atoms with E-state index < -0.39 is 0 Å². The molecule has 0 amide bonds. The van der Waals surface area contributed by atoms with Gasteiger partial charge in [-0.1, -0.05) is 25.1 Å². The van der Waals surface area contributed by atoms with Gasteiger partial charge < -0.3 is 10.6 Å². The molecule has 0 aliphatic heterocycles. The summed E-state index contributed by atoms with van der Waals surface area (Å²) >= 11 is 0. The lowest BCUT2D eigenvalue weighted by molar-refractivity contribution is 0.730. The van der Waals surface area contributed by atoms with Gasteiger partial charge in [0.25, 0.3) is 0 Å². The fourth-order valence-corrected chi connectivity index (χ4v) is 2.02. The zero-order chi connectivity index (χ0) is 13.0. The number of hydrogen-bond acceptors (Lipinski definition) is 3. The van der Waals surface area contributed by atoms with Crippen LogP contribution in [0, 0.1) is 0 Å². The van der Waals surface area contributed by atoms with Crippen LogP contribution >= 0.6 is 0 Å². The Balaban J connectivity index is 2.43. The molecule has 0 fully saturated rings. The quantitative estimate of drug-likeness (QED) is 0.847. The minimum absolute atomic E-state index is 0.394. The maximum atomic E-state index is 4.65. The van der Waals surface area contributed by atoms with Crippen LogP contribution in [0.2, 0.25) is 0 Å². The number of anilines is 1. The van der Waals surface area contributed by atoms with E-state index in [-0.39, 0.29) is 0 Å². The predicted octanol–water partition coefficient (Wildman–Crippen LogP) is 3.16. The van der Waals surface area contributed by atoms with Gasteiger partial charge in [-0.25, -0.2) is 4.98 Å². The molecule has 0 radical (unpaired) electrons. The van der Waals surface area contributed by atoms with E-state index in [1.54, 1.807) is 0 Å². The highest BCUT2D eigenvalue weighted by Gasteiger charge is 2.05. The number of para-hydroxylation sites is 1. The summed E-state index contributed by atoms with van der Waals surface area (Å²) in [6, 6.07) is 10.8. The van der Waals surface area contributed by atoms with E-state index >= 15 is 0 Å². The Morgan fingerprint density at radius 1 is 1.22 bits per heavy atom. The Morgan fingerprint density at radius 3 is 2.72 bits per heavy atom. The molecule has 96 valence electrons. The van der Waals surface area contributed by atoms with Gasteiger partial charge in [-0.2, -0.15) is 0 Å². The first-order valence-electron chi connectivity index (χ1n) is 6.56. The molecular weight excluding hydrogens is 222 g/mol. The number of benzene rings is 1. The van der Waals surface area contributed by atoms with Crippen molar-refractivity contribution in [3.8, 4) is 0 Å². The first-order valence-corrected chi connectivity index (χ1v) is 6.56. The number of rotatable bonds is 5. The normalized spacial score (nSPS) is 11.1. The highest BCUT2D eigenvalue weighted by molar-refractivity contribution is 5.84. The molecule has 1 heterocycles. The molecule has 2 aromatic rings. The van der Waals surface area contributed by atoms with E-state index in [9.17, 15) is 0 Å². The van der Waals surface area contributed by atoms with E-state index in [1.807, 2.05) is 6.07 Å². The van der Waals surface area contributed by atoms with Gasteiger partial charge >= 0.3 is 0 Å². The molecule has 0 atom stereocenters. The molecule has 0 aliphatic rings. The average Bonchev–Trinajstić information content (AvgIpc) is 2.35. The smallest absolute Gasteiger partial charge is 0.127 e. The standard InChI is InChI=1S/C15H21N3/c1-4-16-10-12-9-15(17-11(2)3)18-14-8-6-5-7-13(12)14/h5-9,11,16H,4,10H2,1-3H3,(H,17,18). The third-order valence-corrected chi connectivity index (χ3v) is 2.80. The molecule has 18 heavy (non-hydrogen) atoms. The minimum Gasteiger partial charge on any atom is -0.368 e. The van der Waals surface area contributed by atoms with Crippen molar-refractivity contribution in [2.24, 2.45) is 0 Å². The van der Waals surface area contributed by atoms with Crippen molar-refractivity contribution < 1.29 is 0 Å². The second-order valence-corrected chi connectivity index (χ2v) is 4.76. The maximum absolute atomic E-state index is 4.65. The Kier molecular flexibility index (Phi) is 4.15. The van der Waals surface area contributed by atoms with Crippen LogP contribution in [-0.2, 0) is 6.54 Å². The second-order valence-electron chi connectivity index (χ2n) is 4.76. The van der Waals surface area contributed by atoms with Crippen LogP contribution in [0.3, 0.4) is 0 Å². The van der Waals surface area contributed by atoms with Gasteiger partial charge in [0.2, 0.25) is 0 Å². The van der Waals surface area contributed by atoms with E-state index in [0.717, 1.165) is 24.4 Å². The number of aromatic nitrogens is 1. The molecule has 1 aromatic carbocycles. The zero-order valence-corrected chi connectivity index (χ0v) is 11.3. The molecule has 3 heteroatoms. The highest BCUT2D eigenvalue weighted by atomic mass is 15.0. The van der Waals surface area contributed by atoms with Gasteiger partial charge in [0, 0.05) is 18.0 Å². The number of nitrogens with one attached hydrogen (secondary N) is 2. The predicted molar refractivity (Wildman–Crippen MR) is 77.9 cm³/mol. The Hall–Kier alpha value is -1.61. The second kappa shape index (κ2) is 5.83. The van der Waals surface area contributed by atoms with E-state index in [0.29, 0.717) is 6.04 Å². The molecule has 0 spiro atoms. The Morgan fingerprint density at radius 2 is 2.00 bits per heavy atom. The molecule has 0 aliphatic carbocycles. The van der Waals surface area contributed by atoms with Crippen molar-refractivity contribution in [2.45, 2.75) is 33.4 Å². The highest BCUT2D eigenvalue weighted by Crippen LogP contribution is 2.21. The molecule has 2 N–H and O–H groups in total. The van der Waals surface area contributed by atoms with Crippen molar-refractivity contribution in [1.29, 1.82) is 0 Å². The topological polar surface area (TPSA) is 37.0 Å². The van der Waals surface area contributed by atoms with Crippen molar-refractivity contribution in [3.05, 3.63) is 35.9 Å². The van der Waals surface area contributed by atoms with Crippen molar-refractivity contribution in [3.63, 3.8) is 0 Å². The average molecular weight is 243 g/mol. The third kappa shape index (κ3) is 2.99. The Bertz CT molecular complexity index is 520. The molecule has 2 rings (SSSR count). The molecule has 0 saturated heterocycles. The summed E-state index contributed by atoms with van der Waals surface area (Å²) in [5, 5.41) is 7.99. The number of nitrogens with zero attached hydrogens (tertiary/aromatic N) is 1. The van der Waals surface area contributed by atoms with E-state index in [1.165, 1.54) is 10.9 Å². The van der Waals surface area contributed by atoms with Gasteiger partial charge in [0.1, 0.15) is 5.82 Å².